The van der Waals surface area contributed by atoms with Crippen LogP contribution in [0.2, 0.25) is 0 Å². The number of hydrogen-bond donors (Lipinski definition) is 3. The van der Waals surface area contributed by atoms with Gasteiger partial charge in [0.25, 0.3) is 0 Å². The van der Waals surface area contributed by atoms with Gasteiger partial charge in [0.2, 0.25) is 0 Å². The maximum absolute atomic E-state index is 13.1. The first-order valence-electron chi connectivity index (χ1n) is 43.5. The van der Waals surface area contributed by atoms with E-state index in [1.165, 1.54) is 244 Å². The lowest BCUT2D eigenvalue weighted by molar-refractivity contribution is -0.161. The topological polar surface area (TPSA) is 237 Å². The molecule has 17 nitrogen and oxygen atoms in total. The van der Waals surface area contributed by atoms with Crippen molar-refractivity contribution < 1.29 is 80.2 Å². The van der Waals surface area contributed by atoms with Crippen molar-refractivity contribution in [3.63, 3.8) is 0 Å². The average molecular weight is 1520 g/mol. The van der Waals surface area contributed by atoms with E-state index in [9.17, 15) is 43.2 Å². The van der Waals surface area contributed by atoms with E-state index in [4.69, 9.17) is 37.0 Å². The molecule has 0 fully saturated rings. The summed E-state index contributed by atoms with van der Waals surface area (Å²) < 4.78 is 68.7. The summed E-state index contributed by atoms with van der Waals surface area (Å²) in [5.74, 6) is -1.31. The maximum atomic E-state index is 13.1. The molecule has 0 spiro atoms. The highest BCUT2D eigenvalue weighted by Gasteiger charge is 2.30. The zero-order valence-electron chi connectivity index (χ0n) is 67.7. The highest BCUT2D eigenvalue weighted by atomic mass is 31.2. The fraction of sp³-hybridized carbons (Fsp3) is 0.906. The van der Waals surface area contributed by atoms with Crippen LogP contribution in [-0.2, 0) is 65.4 Å². The van der Waals surface area contributed by atoms with Gasteiger partial charge in [0.05, 0.1) is 26.4 Å². The lowest BCUT2D eigenvalue weighted by Gasteiger charge is -2.21. The molecule has 0 heterocycles. The maximum Gasteiger partial charge on any atom is 0.472 e. The molecular weight excluding hydrogens is 1350 g/mol. The van der Waals surface area contributed by atoms with Crippen molar-refractivity contribution >= 4 is 39.5 Å². The molecule has 3 N–H and O–H groups in total. The van der Waals surface area contributed by atoms with Crippen LogP contribution in [0.3, 0.4) is 0 Å². The molecule has 0 rings (SSSR count). The molecule has 104 heavy (non-hydrogen) atoms. The van der Waals surface area contributed by atoms with Crippen LogP contribution in [0.25, 0.3) is 0 Å². The first kappa shape index (κ1) is 102. The Balaban J connectivity index is 5.23. The number of phosphoric ester groups is 2. The third-order valence-corrected chi connectivity index (χ3v) is 21.3. The molecule has 0 aliphatic carbocycles. The largest absolute Gasteiger partial charge is 0.472 e. The highest BCUT2D eigenvalue weighted by Crippen LogP contribution is 2.45. The van der Waals surface area contributed by atoms with Gasteiger partial charge in [-0.2, -0.15) is 0 Å². The average Bonchev–Trinajstić information content (AvgIpc) is 0.907. The van der Waals surface area contributed by atoms with E-state index in [0.29, 0.717) is 25.7 Å². The van der Waals surface area contributed by atoms with Crippen LogP contribution >= 0.6 is 15.6 Å². The van der Waals surface area contributed by atoms with Gasteiger partial charge >= 0.3 is 39.5 Å². The Hall–Kier alpha value is -2.46. The van der Waals surface area contributed by atoms with Crippen LogP contribution in [-0.4, -0.2) is 96.7 Å². The van der Waals surface area contributed by atoms with Crippen molar-refractivity contribution in [1.82, 2.24) is 0 Å². The smallest absolute Gasteiger partial charge is 0.462 e. The molecule has 0 aromatic heterocycles. The van der Waals surface area contributed by atoms with Crippen LogP contribution < -0.4 is 0 Å². The van der Waals surface area contributed by atoms with Gasteiger partial charge in [-0.05, 0) is 57.3 Å². The van der Waals surface area contributed by atoms with Gasteiger partial charge in [-0.15, -0.1) is 0 Å². The quantitative estimate of drug-likeness (QED) is 0.0169. The second-order valence-corrected chi connectivity index (χ2v) is 33.3. The predicted octanol–water partition coefficient (Wildman–Crippen LogP) is 25.5. The number of phosphoric acid groups is 2. The van der Waals surface area contributed by atoms with Crippen LogP contribution in [0, 0.1) is 5.92 Å². The van der Waals surface area contributed by atoms with Crippen LogP contribution in [0.15, 0.2) is 24.3 Å². The second kappa shape index (κ2) is 77.3. The molecule has 614 valence electrons. The van der Waals surface area contributed by atoms with Crippen molar-refractivity contribution in [2.75, 3.05) is 39.6 Å². The number of hydrogen-bond acceptors (Lipinski definition) is 15. The third-order valence-electron chi connectivity index (χ3n) is 19.4. The van der Waals surface area contributed by atoms with Gasteiger partial charge in [-0.25, -0.2) is 9.13 Å². The Morgan fingerprint density at radius 3 is 0.788 bits per heavy atom. The van der Waals surface area contributed by atoms with Gasteiger partial charge in [0.15, 0.2) is 12.2 Å². The van der Waals surface area contributed by atoms with Gasteiger partial charge in [-0.1, -0.05) is 380 Å². The van der Waals surface area contributed by atoms with E-state index in [-0.39, 0.29) is 25.7 Å². The molecule has 0 aliphatic heterocycles. The van der Waals surface area contributed by atoms with E-state index in [0.717, 1.165) is 109 Å². The predicted molar refractivity (Wildman–Crippen MR) is 428 cm³/mol. The minimum absolute atomic E-state index is 0.0855. The lowest BCUT2D eigenvalue weighted by atomic mass is 10.0. The summed E-state index contributed by atoms with van der Waals surface area (Å²) in [5, 5.41) is 10.7. The molecule has 2 unspecified atom stereocenters. The molecule has 0 saturated carbocycles. The zero-order chi connectivity index (χ0) is 76.2. The zero-order valence-corrected chi connectivity index (χ0v) is 69.4. The molecule has 0 amide bonds. The van der Waals surface area contributed by atoms with Crippen LogP contribution in [0.4, 0.5) is 0 Å². The molecule has 0 aromatic carbocycles. The molecule has 0 bridgehead atoms. The van der Waals surface area contributed by atoms with E-state index < -0.39 is 97.5 Å². The molecule has 0 saturated heterocycles. The fourth-order valence-corrected chi connectivity index (χ4v) is 14.3. The number of unbranched alkanes of at least 4 members (excludes halogenated alkanes) is 52. The Morgan fingerprint density at radius 2 is 0.519 bits per heavy atom. The number of aliphatic hydroxyl groups excluding tert-OH is 1. The van der Waals surface area contributed by atoms with Crippen molar-refractivity contribution in [2.24, 2.45) is 5.92 Å². The Morgan fingerprint density at radius 1 is 0.298 bits per heavy atom. The normalized spacial score (nSPS) is 13.9. The van der Waals surface area contributed by atoms with E-state index >= 15 is 0 Å². The van der Waals surface area contributed by atoms with Crippen LogP contribution in [0.5, 0.6) is 0 Å². The van der Waals surface area contributed by atoms with Crippen molar-refractivity contribution in [1.29, 1.82) is 0 Å². The number of aliphatic hydroxyl groups is 1. The Labute approximate surface area is 637 Å². The number of allylic oxidation sites excluding steroid dienone is 4. The summed E-state index contributed by atoms with van der Waals surface area (Å²) in [6.45, 7) is 7.30. The Kier molecular flexibility index (Phi) is 75.4. The van der Waals surface area contributed by atoms with Gasteiger partial charge in [0.1, 0.15) is 19.3 Å². The number of carbonyl (C=O) groups is 4. The number of esters is 4. The minimum atomic E-state index is -4.97. The summed E-state index contributed by atoms with van der Waals surface area (Å²) in [5.41, 5.74) is 0. The molecule has 5 atom stereocenters. The van der Waals surface area contributed by atoms with E-state index in [1.54, 1.807) is 0 Å². The molecular formula is C85H162O17P2. The standard InChI is InChI=1S/C85H162O17P2/c1-6-9-12-15-18-21-23-25-27-28-29-33-37-40-44-49-54-59-64-69-83(88)96-75-81(102-85(90)71-66-61-56-51-46-42-38-34-31-30-32-36-39-43-48-52-57-62-67-78(4)5)77-100-104(93,94)98-73-79(86)72-97-103(91,92)99-76-80(74-95-82(87)68-63-58-53-47-20-17-14-11-8-3)101-84(89)70-65-60-55-50-45-41-35-26-24-22-19-16-13-10-7-2/h22,24,26,35,78-81,86H,6-21,23,25,27-34,36-77H2,1-5H3,(H,91,92)(H,93,94)/b24-22-,35-26-/t79-,80+,81+/m0/s1. The fourth-order valence-electron chi connectivity index (χ4n) is 12.8. The number of rotatable bonds is 83. The monoisotopic (exact) mass is 1520 g/mol. The number of ether oxygens (including phenoxy) is 4. The second-order valence-electron chi connectivity index (χ2n) is 30.4. The summed E-state index contributed by atoms with van der Waals surface area (Å²) >= 11 is 0. The minimum Gasteiger partial charge on any atom is -0.462 e. The van der Waals surface area contributed by atoms with E-state index in [1.807, 2.05) is 0 Å². The van der Waals surface area contributed by atoms with Gasteiger partial charge in [-0.3, -0.25) is 37.3 Å². The van der Waals surface area contributed by atoms with Crippen molar-refractivity contribution in [3.05, 3.63) is 24.3 Å². The first-order chi connectivity index (χ1) is 50.5. The van der Waals surface area contributed by atoms with Gasteiger partial charge < -0.3 is 33.8 Å². The van der Waals surface area contributed by atoms with Crippen molar-refractivity contribution in [3.8, 4) is 0 Å². The SMILES string of the molecule is CCCCCC/C=C\C=C/CCCCCCCC(=O)O[C@H](COC(=O)CCCCCCCCCCC)COP(=O)(O)OC[C@H](O)COP(=O)(O)OC[C@@H](COC(=O)CCCCCCCCCCCCCCCCCCCCC)OC(=O)CCCCCCCCCCCCCCCCCCCCC(C)C. The number of carbonyl (C=O) groups excluding carboxylic acids is 4. The van der Waals surface area contributed by atoms with Crippen LogP contribution in [0.1, 0.15) is 433 Å². The third kappa shape index (κ3) is 77.7. The summed E-state index contributed by atoms with van der Waals surface area (Å²) in [4.78, 5) is 73.1. The van der Waals surface area contributed by atoms with Crippen molar-refractivity contribution in [2.45, 2.75) is 451 Å². The summed E-state index contributed by atoms with van der Waals surface area (Å²) in [7, 11) is -9.93. The first-order valence-corrected chi connectivity index (χ1v) is 46.4. The molecule has 19 heteroatoms. The van der Waals surface area contributed by atoms with Gasteiger partial charge in [0, 0.05) is 25.7 Å². The highest BCUT2D eigenvalue weighted by molar-refractivity contribution is 7.47. The molecule has 0 radical (unpaired) electrons. The lowest BCUT2D eigenvalue weighted by Crippen LogP contribution is -2.30. The Bertz CT molecular complexity index is 2070. The summed E-state index contributed by atoms with van der Waals surface area (Å²) in [6, 6.07) is 0. The molecule has 0 aromatic rings. The summed E-state index contributed by atoms with van der Waals surface area (Å²) in [6.07, 6.45) is 73.1. The molecule has 0 aliphatic rings. The van der Waals surface area contributed by atoms with E-state index in [2.05, 4.69) is 58.9 Å².